The first-order chi connectivity index (χ1) is 7.70. The molecule has 86 valence electrons. The van der Waals surface area contributed by atoms with Crippen molar-refractivity contribution in [3.05, 3.63) is 29.8 Å². The molecule has 0 spiro atoms. The minimum Gasteiger partial charge on any atom is -0.497 e. The number of carbonyl (C=O) groups excluding carboxylic acids is 1. The predicted molar refractivity (Wildman–Crippen MR) is 61.1 cm³/mol. The lowest BCUT2D eigenvalue weighted by molar-refractivity contribution is -0.119. The van der Waals surface area contributed by atoms with E-state index in [9.17, 15) is 4.79 Å². The topological polar surface area (TPSA) is 64.3 Å². The fraction of sp³-hybridized carbons (Fsp3) is 0.417. The van der Waals surface area contributed by atoms with Crippen molar-refractivity contribution < 1.29 is 9.53 Å². The first kappa shape index (κ1) is 11.0. The standard InChI is InChI=1S/C12H16N2O2/c1-16-9-4-2-3-8(7-9)10-5-6-11(14-10)12(13)15/h2-4,7,10-11,14H,5-6H2,1H3,(H2,13,15). The summed E-state index contributed by atoms with van der Waals surface area (Å²) < 4.78 is 5.17. The molecule has 0 aromatic heterocycles. The monoisotopic (exact) mass is 220 g/mol. The first-order valence-electron chi connectivity index (χ1n) is 5.40. The molecule has 1 aromatic carbocycles. The SMILES string of the molecule is COc1cccc(C2CCC(C(N)=O)N2)c1. The van der Waals surface area contributed by atoms with Crippen molar-refractivity contribution in [1.82, 2.24) is 5.32 Å². The molecule has 1 aliphatic heterocycles. The van der Waals surface area contributed by atoms with E-state index >= 15 is 0 Å². The number of amides is 1. The lowest BCUT2D eigenvalue weighted by Crippen LogP contribution is -2.37. The van der Waals surface area contributed by atoms with Crippen LogP contribution in [0.3, 0.4) is 0 Å². The molecule has 1 aliphatic rings. The number of nitrogens with one attached hydrogen (secondary N) is 1. The lowest BCUT2D eigenvalue weighted by atomic mass is 10.1. The summed E-state index contributed by atoms with van der Waals surface area (Å²) in [6.45, 7) is 0. The summed E-state index contributed by atoms with van der Waals surface area (Å²) in [5.74, 6) is 0.562. The van der Waals surface area contributed by atoms with E-state index in [0.29, 0.717) is 0 Å². The summed E-state index contributed by atoms with van der Waals surface area (Å²) in [6.07, 6.45) is 1.73. The van der Waals surface area contributed by atoms with Gasteiger partial charge in [0.15, 0.2) is 0 Å². The van der Waals surface area contributed by atoms with Gasteiger partial charge in [0.25, 0.3) is 0 Å². The Morgan fingerprint density at radius 2 is 2.31 bits per heavy atom. The molecule has 1 aromatic rings. The number of hydrogen-bond acceptors (Lipinski definition) is 3. The average Bonchev–Trinajstić information content (AvgIpc) is 2.78. The highest BCUT2D eigenvalue weighted by Crippen LogP contribution is 2.28. The van der Waals surface area contributed by atoms with Crippen molar-refractivity contribution in [3.8, 4) is 5.75 Å². The molecule has 1 amide bonds. The van der Waals surface area contributed by atoms with Gasteiger partial charge >= 0.3 is 0 Å². The Morgan fingerprint density at radius 3 is 2.94 bits per heavy atom. The molecule has 0 aliphatic carbocycles. The van der Waals surface area contributed by atoms with Crippen LogP contribution in [0.5, 0.6) is 5.75 Å². The fourth-order valence-corrected chi connectivity index (χ4v) is 2.09. The van der Waals surface area contributed by atoms with E-state index < -0.39 is 0 Å². The summed E-state index contributed by atoms with van der Waals surface area (Å²) in [5, 5.41) is 3.23. The second-order valence-corrected chi connectivity index (χ2v) is 4.03. The second-order valence-electron chi connectivity index (χ2n) is 4.03. The van der Waals surface area contributed by atoms with Crippen LogP contribution in [-0.2, 0) is 4.79 Å². The molecule has 4 heteroatoms. The minimum absolute atomic E-state index is 0.198. The third kappa shape index (κ3) is 2.17. The molecule has 2 rings (SSSR count). The van der Waals surface area contributed by atoms with Gasteiger partial charge in [-0.3, -0.25) is 10.1 Å². The van der Waals surface area contributed by atoms with Crippen molar-refractivity contribution in [2.24, 2.45) is 5.73 Å². The van der Waals surface area contributed by atoms with E-state index in [2.05, 4.69) is 5.32 Å². The van der Waals surface area contributed by atoms with Crippen LogP contribution < -0.4 is 15.8 Å². The molecular formula is C12H16N2O2. The zero-order chi connectivity index (χ0) is 11.5. The van der Waals surface area contributed by atoms with Crippen molar-refractivity contribution in [1.29, 1.82) is 0 Å². The van der Waals surface area contributed by atoms with E-state index in [-0.39, 0.29) is 18.0 Å². The van der Waals surface area contributed by atoms with Crippen LogP contribution in [0.1, 0.15) is 24.4 Å². The zero-order valence-electron chi connectivity index (χ0n) is 9.27. The molecule has 2 unspecified atom stereocenters. The van der Waals surface area contributed by atoms with E-state index in [1.165, 1.54) is 0 Å². The normalized spacial score (nSPS) is 24.3. The number of ether oxygens (including phenoxy) is 1. The number of nitrogens with two attached hydrogens (primary N) is 1. The molecule has 3 N–H and O–H groups in total. The Hall–Kier alpha value is -1.55. The van der Waals surface area contributed by atoms with Crippen molar-refractivity contribution >= 4 is 5.91 Å². The Labute approximate surface area is 94.8 Å². The molecule has 2 atom stereocenters. The first-order valence-corrected chi connectivity index (χ1v) is 5.40. The van der Waals surface area contributed by atoms with Gasteiger partial charge < -0.3 is 10.5 Å². The largest absolute Gasteiger partial charge is 0.497 e. The molecule has 1 heterocycles. The number of primary amides is 1. The van der Waals surface area contributed by atoms with Gasteiger partial charge in [0.05, 0.1) is 13.2 Å². The van der Waals surface area contributed by atoms with Gasteiger partial charge in [-0.1, -0.05) is 12.1 Å². The van der Waals surface area contributed by atoms with Crippen molar-refractivity contribution in [3.63, 3.8) is 0 Å². The molecule has 4 nitrogen and oxygen atoms in total. The van der Waals surface area contributed by atoms with E-state index in [1.54, 1.807) is 7.11 Å². The number of benzene rings is 1. The van der Waals surface area contributed by atoms with Crippen molar-refractivity contribution in [2.45, 2.75) is 24.9 Å². The summed E-state index contributed by atoms with van der Waals surface area (Å²) in [6, 6.07) is 7.88. The van der Waals surface area contributed by atoms with E-state index in [4.69, 9.17) is 10.5 Å². The Balaban J connectivity index is 2.11. The molecule has 0 bridgehead atoms. The number of hydrogen-bond donors (Lipinski definition) is 2. The number of carbonyl (C=O) groups is 1. The Kier molecular flexibility index (Phi) is 3.10. The maximum absolute atomic E-state index is 11.0. The number of rotatable bonds is 3. The van der Waals surface area contributed by atoms with Gasteiger partial charge in [-0.2, -0.15) is 0 Å². The molecular weight excluding hydrogens is 204 g/mol. The Morgan fingerprint density at radius 1 is 1.50 bits per heavy atom. The minimum atomic E-state index is -0.273. The highest BCUT2D eigenvalue weighted by Gasteiger charge is 2.28. The third-order valence-corrected chi connectivity index (χ3v) is 2.99. The number of methoxy groups -OCH3 is 1. The second kappa shape index (κ2) is 4.53. The molecule has 0 saturated carbocycles. The van der Waals surface area contributed by atoms with Gasteiger partial charge in [0.2, 0.25) is 5.91 Å². The Bertz CT molecular complexity index is 392. The highest BCUT2D eigenvalue weighted by atomic mass is 16.5. The quantitative estimate of drug-likeness (QED) is 0.798. The fourth-order valence-electron chi connectivity index (χ4n) is 2.09. The van der Waals surface area contributed by atoms with Gasteiger partial charge in [-0.05, 0) is 30.5 Å². The van der Waals surface area contributed by atoms with Crippen LogP contribution in [0.4, 0.5) is 0 Å². The van der Waals surface area contributed by atoms with Crippen LogP contribution in [0.2, 0.25) is 0 Å². The maximum atomic E-state index is 11.0. The smallest absolute Gasteiger partial charge is 0.234 e. The maximum Gasteiger partial charge on any atom is 0.234 e. The summed E-state index contributed by atoms with van der Waals surface area (Å²) in [7, 11) is 1.65. The van der Waals surface area contributed by atoms with E-state index in [0.717, 1.165) is 24.2 Å². The van der Waals surface area contributed by atoms with Gasteiger partial charge in [-0.25, -0.2) is 0 Å². The third-order valence-electron chi connectivity index (χ3n) is 2.99. The molecule has 0 radical (unpaired) electrons. The predicted octanol–water partition coefficient (Wildman–Crippen LogP) is 0.974. The molecule has 1 fully saturated rings. The van der Waals surface area contributed by atoms with Gasteiger partial charge in [-0.15, -0.1) is 0 Å². The summed E-state index contributed by atoms with van der Waals surface area (Å²) in [5.41, 5.74) is 6.41. The average molecular weight is 220 g/mol. The van der Waals surface area contributed by atoms with Crippen LogP contribution in [-0.4, -0.2) is 19.1 Å². The van der Waals surface area contributed by atoms with Crippen LogP contribution >= 0.6 is 0 Å². The van der Waals surface area contributed by atoms with Gasteiger partial charge in [0, 0.05) is 6.04 Å². The van der Waals surface area contributed by atoms with E-state index in [1.807, 2.05) is 24.3 Å². The van der Waals surface area contributed by atoms with Crippen molar-refractivity contribution in [2.75, 3.05) is 7.11 Å². The van der Waals surface area contributed by atoms with Crippen LogP contribution in [0.15, 0.2) is 24.3 Å². The lowest BCUT2D eigenvalue weighted by Gasteiger charge is -2.13. The summed E-state index contributed by atoms with van der Waals surface area (Å²) in [4.78, 5) is 11.0. The zero-order valence-corrected chi connectivity index (χ0v) is 9.27. The molecule has 1 saturated heterocycles. The van der Waals surface area contributed by atoms with Crippen LogP contribution in [0, 0.1) is 0 Å². The molecule has 16 heavy (non-hydrogen) atoms. The van der Waals surface area contributed by atoms with Crippen LogP contribution in [0.25, 0.3) is 0 Å². The summed E-state index contributed by atoms with van der Waals surface area (Å²) >= 11 is 0. The van der Waals surface area contributed by atoms with Gasteiger partial charge in [0.1, 0.15) is 5.75 Å². The highest BCUT2D eigenvalue weighted by molar-refractivity contribution is 5.80.